The number of nitriles is 1. The fourth-order valence-corrected chi connectivity index (χ4v) is 1.93. The quantitative estimate of drug-likeness (QED) is 0.690. The number of aromatic nitrogens is 3. The van der Waals surface area contributed by atoms with Gasteiger partial charge in [0.15, 0.2) is 0 Å². The van der Waals surface area contributed by atoms with Gasteiger partial charge in [0, 0.05) is 11.8 Å². The highest BCUT2D eigenvalue weighted by atomic mass is 16.5. The van der Waals surface area contributed by atoms with E-state index in [4.69, 9.17) is 21.1 Å². The molecule has 0 saturated heterocycles. The average molecular weight is 303 g/mol. The van der Waals surface area contributed by atoms with Crippen molar-refractivity contribution in [1.82, 2.24) is 15.1 Å². The number of hydrogen-bond acceptors (Lipinski definition) is 6. The largest absolute Gasteiger partial charge is 0.497 e. The highest BCUT2D eigenvalue weighted by molar-refractivity contribution is 5.62. The van der Waals surface area contributed by atoms with Crippen molar-refractivity contribution in [2.24, 2.45) is 0 Å². The predicted octanol–water partition coefficient (Wildman–Crippen LogP) is 3.23. The van der Waals surface area contributed by atoms with E-state index in [-0.39, 0.29) is 5.89 Å². The van der Waals surface area contributed by atoms with E-state index in [0.29, 0.717) is 34.1 Å². The summed E-state index contributed by atoms with van der Waals surface area (Å²) < 4.78 is 10.4. The van der Waals surface area contributed by atoms with Gasteiger partial charge in [-0.05, 0) is 24.3 Å². The second-order valence-corrected chi connectivity index (χ2v) is 4.50. The Balaban J connectivity index is 1.98. The maximum Gasteiger partial charge on any atom is 0.258 e. The third kappa shape index (κ3) is 2.85. The summed E-state index contributed by atoms with van der Waals surface area (Å²) in [6.07, 6.45) is 1.44. The van der Waals surface area contributed by atoms with Gasteiger partial charge in [0.05, 0.1) is 25.3 Å². The van der Waals surface area contributed by atoms with Gasteiger partial charge in [-0.15, -0.1) is 0 Å². The second-order valence-electron chi connectivity index (χ2n) is 4.50. The Morgan fingerprint density at radius 2 is 2.17 bits per heavy atom. The van der Waals surface area contributed by atoms with Crippen LogP contribution in [-0.4, -0.2) is 22.2 Å². The molecule has 0 atom stereocenters. The lowest BCUT2D eigenvalue weighted by Gasteiger charge is -2.01. The molecule has 2 heterocycles. The first-order valence-electron chi connectivity index (χ1n) is 6.50. The van der Waals surface area contributed by atoms with Crippen LogP contribution in [0, 0.1) is 17.9 Å². The molecule has 0 spiro atoms. The Kier molecular flexibility index (Phi) is 3.69. The van der Waals surface area contributed by atoms with Gasteiger partial charge in [0.1, 0.15) is 11.4 Å². The normalized spacial score (nSPS) is 9.87. The third-order valence-electron chi connectivity index (χ3n) is 3.05. The molecule has 0 aliphatic rings. The highest BCUT2D eigenvalue weighted by Crippen LogP contribution is 2.26. The molecule has 0 bridgehead atoms. The Morgan fingerprint density at radius 1 is 1.30 bits per heavy atom. The van der Waals surface area contributed by atoms with Crippen LogP contribution in [0.1, 0.15) is 5.56 Å². The standard InChI is InChI=1S/C16H9N5O2/c1-18-12-3-4-14(19-9-12)15-20-16(23-21-15)11-5-10(8-17)6-13(7-11)22-2/h3-7,9H,2H3. The minimum Gasteiger partial charge on any atom is -0.497 e. The number of rotatable bonds is 3. The van der Waals surface area contributed by atoms with E-state index in [1.54, 1.807) is 30.3 Å². The van der Waals surface area contributed by atoms with E-state index >= 15 is 0 Å². The van der Waals surface area contributed by atoms with Crippen LogP contribution in [0.15, 0.2) is 41.1 Å². The lowest BCUT2D eigenvalue weighted by atomic mass is 10.1. The van der Waals surface area contributed by atoms with E-state index in [1.807, 2.05) is 0 Å². The molecule has 0 fully saturated rings. The van der Waals surface area contributed by atoms with Crippen LogP contribution in [0.2, 0.25) is 0 Å². The number of methoxy groups -OCH3 is 1. The van der Waals surface area contributed by atoms with Crippen molar-refractivity contribution in [2.75, 3.05) is 7.11 Å². The summed E-state index contributed by atoms with van der Waals surface area (Å²) in [6.45, 7) is 6.91. The summed E-state index contributed by atoms with van der Waals surface area (Å²) in [5.74, 6) is 1.09. The number of nitrogens with zero attached hydrogens (tertiary/aromatic N) is 5. The Bertz CT molecular complexity index is 932. The molecule has 0 aliphatic carbocycles. The van der Waals surface area contributed by atoms with Gasteiger partial charge >= 0.3 is 0 Å². The number of ether oxygens (including phenoxy) is 1. The minimum atomic E-state index is 0.256. The Labute approximate surface area is 131 Å². The minimum absolute atomic E-state index is 0.256. The molecule has 0 saturated carbocycles. The molecule has 110 valence electrons. The summed E-state index contributed by atoms with van der Waals surface area (Å²) in [5.41, 5.74) is 1.94. The van der Waals surface area contributed by atoms with Crippen molar-refractivity contribution in [2.45, 2.75) is 0 Å². The van der Waals surface area contributed by atoms with Crippen LogP contribution in [0.25, 0.3) is 27.8 Å². The first kappa shape index (κ1) is 14.2. The molecule has 0 unspecified atom stereocenters. The molecule has 7 nitrogen and oxygen atoms in total. The van der Waals surface area contributed by atoms with Gasteiger partial charge in [-0.1, -0.05) is 11.2 Å². The van der Waals surface area contributed by atoms with Crippen molar-refractivity contribution in [3.63, 3.8) is 0 Å². The van der Waals surface area contributed by atoms with Gasteiger partial charge in [-0.2, -0.15) is 10.2 Å². The van der Waals surface area contributed by atoms with Crippen LogP contribution in [0.5, 0.6) is 5.75 Å². The first-order chi connectivity index (χ1) is 11.2. The van der Waals surface area contributed by atoms with E-state index < -0.39 is 0 Å². The van der Waals surface area contributed by atoms with Crippen molar-refractivity contribution < 1.29 is 9.26 Å². The van der Waals surface area contributed by atoms with E-state index in [1.165, 1.54) is 13.3 Å². The maximum atomic E-state index is 9.06. The van der Waals surface area contributed by atoms with Crippen LogP contribution in [0.3, 0.4) is 0 Å². The number of pyridine rings is 1. The fraction of sp³-hybridized carbons (Fsp3) is 0.0625. The van der Waals surface area contributed by atoms with E-state index in [2.05, 4.69) is 26.0 Å². The monoisotopic (exact) mass is 303 g/mol. The molecule has 2 aromatic heterocycles. The van der Waals surface area contributed by atoms with Crippen molar-refractivity contribution >= 4 is 5.69 Å². The molecule has 0 radical (unpaired) electrons. The zero-order valence-electron chi connectivity index (χ0n) is 12.0. The summed E-state index contributed by atoms with van der Waals surface area (Å²) in [6, 6.07) is 10.3. The first-order valence-corrected chi connectivity index (χ1v) is 6.50. The molecule has 0 amide bonds. The number of benzene rings is 1. The van der Waals surface area contributed by atoms with Gasteiger partial charge in [0.25, 0.3) is 5.89 Å². The predicted molar refractivity (Wildman–Crippen MR) is 80.5 cm³/mol. The zero-order chi connectivity index (χ0) is 16.2. The second kappa shape index (κ2) is 5.96. The van der Waals surface area contributed by atoms with Gasteiger partial charge in [0.2, 0.25) is 11.5 Å². The molecule has 1 aromatic carbocycles. The van der Waals surface area contributed by atoms with Gasteiger partial charge in [-0.3, -0.25) is 4.98 Å². The molecule has 0 aliphatic heterocycles. The van der Waals surface area contributed by atoms with Crippen molar-refractivity contribution in [3.05, 3.63) is 53.5 Å². The Morgan fingerprint density at radius 3 is 2.83 bits per heavy atom. The molecule has 3 rings (SSSR count). The zero-order valence-corrected chi connectivity index (χ0v) is 12.0. The van der Waals surface area contributed by atoms with Crippen LogP contribution in [-0.2, 0) is 0 Å². The van der Waals surface area contributed by atoms with Crippen molar-refractivity contribution in [1.29, 1.82) is 5.26 Å². The van der Waals surface area contributed by atoms with Crippen molar-refractivity contribution in [3.8, 4) is 34.8 Å². The average Bonchev–Trinajstić information content (AvgIpc) is 3.11. The van der Waals surface area contributed by atoms with Gasteiger partial charge < -0.3 is 9.26 Å². The third-order valence-corrected chi connectivity index (χ3v) is 3.05. The van der Waals surface area contributed by atoms with E-state index in [0.717, 1.165) is 0 Å². The molecule has 7 heteroatoms. The molecule has 23 heavy (non-hydrogen) atoms. The lowest BCUT2D eigenvalue weighted by Crippen LogP contribution is -1.88. The fourth-order valence-electron chi connectivity index (χ4n) is 1.93. The number of hydrogen-bond donors (Lipinski definition) is 0. The highest BCUT2D eigenvalue weighted by Gasteiger charge is 2.13. The van der Waals surface area contributed by atoms with Gasteiger partial charge in [-0.25, -0.2) is 4.85 Å². The van der Waals surface area contributed by atoms with Crippen LogP contribution >= 0.6 is 0 Å². The van der Waals surface area contributed by atoms with E-state index in [9.17, 15) is 0 Å². The molecule has 0 N–H and O–H groups in total. The molecular formula is C16H9N5O2. The summed E-state index contributed by atoms with van der Waals surface area (Å²) in [5, 5.41) is 12.9. The Hall–Kier alpha value is -3.71. The maximum absolute atomic E-state index is 9.06. The summed E-state index contributed by atoms with van der Waals surface area (Å²) >= 11 is 0. The molecular weight excluding hydrogens is 294 g/mol. The summed E-state index contributed by atoms with van der Waals surface area (Å²) in [7, 11) is 1.52. The topological polar surface area (TPSA) is 89.2 Å². The lowest BCUT2D eigenvalue weighted by molar-refractivity contribution is 0.413. The molecule has 3 aromatic rings. The van der Waals surface area contributed by atoms with Crippen LogP contribution < -0.4 is 4.74 Å². The smallest absolute Gasteiger partial charge is 0.258 e. The SMILES string of the molecule is [C-]#[N+]c1ccc(-c2noc(-c3cc(C#N)cc(OC)c3)n2)nc1. The summed E-state index contributed by atoms with van der Waals surface area (Å²) in [4.78, 5) is 11.7. The van der Waals surface area contributed by atoms with Crippen LogP contribution in [0.4, 0.5) is 5.69 Å².